The van der Waals surface area contributed by atoms with Gasteiger partial charge in [0.05, 0.1) is 5.92 Å². The highest BCUT2D eigenvalue weighted by Crippen LogP contribution is 2.27. The number of carbonyl (C=O) groups excluding carboxylic acids is 1. The average Bonchev–Trinajstić information content (AvgIpc) is 2.27. The molecule has 0 aliphatic heterocycles. The second-order valence-electron chi connectivity index (χ2n) is 5.73. The molecule has 0 spiro atoms. The van der Waals surface area contributed by atoms with Gasteiger partial charge in [0, 0.05) is 19.3 Å². The lowest BCUT2D eigenvalue weighted by Crippen LogP contribution is -2.39. The van der Waals surface area contributed by atoms with Crippen molar-refractivity contribution in [1.29, 1.82) is 0 Å². The van der Waals surface area contributed by atoms with Crippen LogP contribution in [-0.4, -0.2) is 19.5 Å². The van der Waals surface area contributed by atoms with E-state index in [2.05, 4.69) is 19.1 Å². The number of benzene rings is 1. The largest absolute Gasteiger partial charge is 0.330 e. The van der Waals surface area contributed by atoms with Crippen LogP contribution in [0.5, 0.6) is 0 Å². The molecule has 106 valence electrons. The molecule has 0 saturated carbocycles. The number of hydrogen-bond donors (Lipinski definition) is 1. The Morgan fingerprint density at radius 3 is 2.05 bits per heavy atom. The maximum atomic E-state index is 12.6. The molecule has 1 unspecified atom stereocenters. The molecular weight excluding hydrogens is 236 g/mol. The summed E-state index contributed by atoms with van der Waals surface area (Å²) in [6.45, 7) is 10.6. The van der Waals surface area contributed by atoms with Crippen molar-refractivity contribution in [2.45, 2.75) is 34.6 Å². The number of hydrogen-bond acceptors (Lipinski definition) is 2. The molecule has 1 aromatic carbocycles. The number of nitrogens with zero attached hydrogens (tertiary/aromatic N) is 1. The van der Waals surface area contributed by atoms with E-state index in [-0.39, 0.29) is 17.7 Å². The normalized spacial score (nSPS) is 12.6. The van der Waals surface area contributed by atoms with Crippen molar-refractivity contribution in [2.24, 2.45) is 17.6 Å². The van der Waals surface area contributed by atoms with Gasteiger partial charge in [-0.05, 0) is 37.8 Å². The Morgan fingerprint density at radius 2 is 1.68 bits per heavy atom. The van der Waals surface area contributed by atoms with Crippen molar-refractivity contribution in [1.82, 2.24) is 0 Å². The first-order valence-corrected chi connectivity index (χ1v) is 6.85. The summed E-state index contributed by atoms with van der Waals surface area (Å²) in [6.07, 6.45) is 0. The molecule has 0 radical (unpaired) electrons. The lowest BCUT2D eigenvalue weighted by Gasteiger charge is -2.28. The average molecular weight is 262 g/mol. The summed E-state index contributed by atoms with van der Waals surface area (Å²) in [5, 5.41) is 0. The molecule has 3 nitrogen and oxygen atoms in total. The highest BCUT2D eigenvalue weighted by molar-refractivity contribution is 5.96. The lowest BCUT2D eigenvalue weighted by atomic mass is 9.93. The van der Waals surface area contributed by atoms with Gasteiger partial charge in [-0.2, -0.15) is 0 Å². The molecule has 0 fully saturated rings. The van der Waals surface area contributed by atoms with Crippen LogP contribution in [0, 0.1) is 32.6 Å². The predicted molar refractivity (Wildman–Crippen MR) is 81.4 cm³/mol. The van der Waals surface area contributed by atoms with E-state index in [1.807, 2.05) is 34.7 Å². The van der Waals surface area contributed by atoms with E-state index in [1.54, 1.807) is 4.90 Å². The summed E-state index contributed by atoms with van der Waals surface area (Å²) >= 11 is 0. The van der Waals surface area contributed by atoms with Gasteiger partial charge in [-0.25, -0.2) is 0 Å². The summed E-state index contributed by atoms with van der Waals surface area (Å²) in [5.41, 5.74) is 10.2. The number of rotatable bonds is 4. The Bertz CT molecular complexity index is 443. The molecule has 0 aromatic heterocycles. The van der Waals surface area contributed by atoms with Gasteiger partial charge in [-0.3, -0.25) is 4.79 Å². The van der Waals surface area contributed by atoms with E-state index in [4.69, 9.17) is 5.73 Å². The quantitative estimate of drug-likeness (QED) is 0.907. The third kappa shape index (κ3) is 3.35. The van der Waals surface area contributed by atoms with Crippen molar-refractivity contribution in [3.05, 3.63) is 28.8 Å². The zero-order chi connectivity index (χ0) is 14.7. The standard InChI is InChI=1S/C16H26N2O/c1-10(2)14(9-17)16(19)18(6)15-12(4)7-11(3)8-13(15)5/h7-8,10,14H,9,17H2,1-6H3. The number of anilines is 1. The first-order chi connectivity index (χ1) is 8.79. The molecule has 0 aliphatic carbocycles. The molecule has 3 heteroatoms. The Morgan fingerprint density at radius 1 is 1.21 bits per heavy atom. The summed E-state index contributed by atoms with van der Waals surface area (Å²) < 4.78 is 0. The van der Waals surface area contributed by atoms with Crippen LogP contribution in [0.2, 0.25) is 0 Å². The Balaban J connectivity index is 3.13. The molecule has 2 N–H and O–H groups in total. The van der Waals surface area contributed by atoms with E-state index in [1.165, 1.54) is 5.56 Å². The molecule has 0 aliphatic rings. The Kier molecular flexibility index (Phi) is 5.12. The minimum absolute atomic E-state index is 0.104. The van der Waals surface area contributed by atoms with E-state index in [0.29, 0.717) is 6.54 Å². The van der Waals surface area contributed by atoms with Crippen LogP contribution in [-0.2, 0) is 4.79 Å². The molecule has 0 saturated heterocycles. The van der Waals surface area contributed by atoms with Gasteiger partial charge >= 0.3 is 0 Å². The van der Waals surface area contributed by atoms with Crippen molar-refractivity contribution in [3.63, 3.8) is 0 Å². The molecule has 1 rings (SSSR count). The fourth-order valence-electron chi connectivity index (χ4n) is 2.72. The SMILES string of the molecule is Cc1cc(C)c(N(C)C(=O)C(CN)C(C)C)c(C)c1. The molecule has 0 bridgehead atoms. The fraction of sp³-hybridized carbons (Fsp3) is 0.562. The second-order valence-corrected chi connectivity index (χ2v) is 5.73. The number of aryl methyl sites for hydroxylation is 3. The summed E-state index contributed by atoms with van der Waals surface area (Å²) in [6, 6.07) is 4.22. The maximum Gasteiger partial charge on any atom is 0.231 e. The van der Waals surface area contributed by atoms with Crippen LogP contribution in [0.4, 0.5) is 5.69 Å². The summed E-state index contributed by atoms with van der Waals surface area (Å²) in [4.78, 5) is 14.3. The van der Waals surface area contributed by atoms with Gasteiger partial charge in [0.15, 0.2) is 0 Å². The Hall–Kier alpha value is -1.35. The van der Waals surface area contributed by atoms with Crippen LogP contribution in [0.3, 0.4) is 0 Å². The van der Waals surface area contributed by atoms with Gasteiger partial charge in [-0.15, -0.1) is 0 Å². The monoisotopic (exact) mass is 262 g/mol. The molecule has 1 aromatic rings. The van der Waals surface area contributed by atoms with Crippen molar-refractivity contribution in [3.8, 4) is 0 Å². The maximum absolute atomic E-state index is 12.6. The van der Waals surface area contributed by atoms with Crippen molar-refractivity contribution in [2.75, 3.05) is 18.5 Å². The first kappa shape index (κ1) is 15.7. The minimum Gasteiger partial charge on any atom is -0.330 e. The van der Waals surface area contributed by atoms with Crippen LogP contribution < -0.4 is 10.6 Å². The highest BCUT2D eigenvalue weighted by Gasteiger charge is 2.26. The van der Waals surface area contributed by atoms with Crippen LogP contribution in [0.15, 0.2) is 12.1 Å². The van der Waals surface area contributed by atoms with Crippen LogP contribution in [0.25, 0.3) is 0 Å². The molecule has 1 amide bonds. The number of amides is 1. The predicted octanol–water partition coefficient (Wildman–Crippen LogP) is 2.81. The number of nitrogens with two attached hydrogens (primary N) is 1. The third-order valence-electron chi connectivity index (χ3n) is 3.68. The number of carbonyl (C=O) groups is 1. The lowest BCUT2D eigenvalue weighted by molar-refractivity contribution is -0.123. The van der Waals surface area contributed by atoms with Crippen molar-refractivity contribution < 1.29 is 4.79 Å². The van der Waals surface area contributed by atoms with Gasteiger partial charge in [-0.1, -0.05) is 31.5 Å². The molecule has 0 heterocycles. The molecular formula is C16H26N2O. The molecule has 19 heavy (non-hydrogen) atoms. The second kappa shape index (κ2) is 6.20. The Labute approximate surface area is 116 Å². The smallest absolute Gasteiger partial charge is 0.231 e. The minimum atomic E-state index is -0.120. The zero-order valence-electron chi connectivity index (χ0n) is 12.9. The van der Waals surface area contributed by atoms with Gasteiger partial charge in [0.25, 0.3) is 0 Å². The summed E-state index contributed by atoms with van der Waals surface area (Å²) in [5.74, 6) is 0.240. The van der Waals surface area contributed by atoms with Gasteiger partial charge in [0.1, 0.15) is 0 Å². The van der Waals surface area contributed by atoms with Crippen molar-refractivity contribution >= 4 is 11.6 Å². The summed E-state index contributed by atoms with van der Waals surface area (Å²) in [7, 11) is 1.85. The first-order valence-electron chi connectivity index (χ1n) is 6.85. The van der Waals surface area contributed by atoms with E-state index in [9.17, 15) is 4.79 Å². The van der Waals surface area contributed by atoms with Crippen LogP contribution in [0.1, 0.15) is 30.5 Å². The fourth-order valence-corrected chi connectivity index (χ4v) is 2.72. The topological polar surface area (TPSA) is 46.3 Å². The van der Waals surface area contributed by atoms with E-state index < -0.39 is 0 Å². The van der Waals surface area contributed by atoms with Gasteiger partial charge < -0.3 is 10.6 Å². The van der Waals surface area contributed by atoms with Crippen LogP contribution >= 0.6 is 0 Å². The van der Waals surface area contributed by atoms with E-state index in [0.717, 1.165) is 16.8 Å². The molecule has 1 atom stereocenters. The highest BCUT2D eigenvalue weighted by atomic mass is 16.2. The van der Waals surface area contributed by atoms with Gasteiger partial charge in [0.2, 0.25) is 5.91 Å². The zero-order valence-corrected chi connectivity index (χ0v) is 12.9. The van der Waals surface area contributed by atoms with E-state index >= 15 is 0 Å². The third-order valence-corrected chi connectivity index (χ3v) is 3.68.